The van der Waals surface area contributed by atoms with E-state index < -0.39 is 23.6 Å². The van der Waals surface area contributed by atoms with Gasteiger partial charge in [-0.1, -0.05) is 18.2 Å². The number of nitrogens with zero attached hydrogens (tertiary/aromatic N) is 5. The largest absolute Gasteiger partial charge is 0.433 e. The predicted molar refractivity (Wildman–Crippen MR) is 110 cm³/mol. The lowest BCUT2D eigenvalue weighted by molar-refractivity contribution is -0.141. The third-order valence-electron chi connectivity index (χ3n) is 6.25. The van der Waals surface area contributed by atoms with Crippen LogP contribution in [-0.4, -0.2) is 43.2 Å². The number of rotatable bonds is 3. The first-order valence-corrected chi connectivity index (χ1v) is 10.8. The average molecular weight is 445 g/mol. The average Bonchev–Trinajstić information content (AvgIpc) is 3.41. The summed E-state index contributed by atoms with van der Waals surface area (Å²) in [5.41, 5.74) is -0.962. The molecule has 2 aliphatic rings. The van der Waals surface area contributed by atoms with Gasteiger partial charge in [0.1, 0.15) is 17.6 Å². The number of hydrogen-bond donors (Lipinski definition) is 0. The highest BCUT2D eigenvalue weighted by molar-refractivity contribution is 5.82. The predicted octanol–water partition coefficient (Wildman–Crippen LogP) is 3.16. The normalized spacial score (nSPS) is 18.8. The molecular weight excluding hydrogens is 423 g/mol. The van der Waals surface area contributed by atoms with Crippen molar-refractivity contribution in [3.8, 4) is 0 Å². The van der Waals surface area contributed by atoms with E-state index in [4.69, 9.17) is 0 Å². The molecule has 7 nitrogen and oxygen atoms in total. The number of benzene rings is 1. The van der Waals surface area contributed by atoms with Crippen molar-refractivity contribution in [1.29, 1.82) is 0 Å². The van der Waals surface area contributed by atoms with E-state index in [1.54, 1.807) is 23.1 Å². The summed E-state index contributed by atoms with van der Waals surface area (Å²) in [6, 6.07) is 6.90. The van der Waals surface area contributed by atoms with Gasteiger partial charge in [0.2, 0.25) is 5.91 Å². The van der Waals surface area contributed by atoms with Crippen LogP contribution < -0.4 is 5.69 Å². The fraction of sp³-hybridized carbons (Fsp3) is 0.455. The smallest absolute Gasteiger partial charge is 0.341 e. The van der Waals surface area contributed by atoms with Crippen LogP contribution in [0.5, 0.6) is 0 Å². The number of fused-ring (bicyclic) bond motifs is 2. The molecule has 32 heavy (non-hydrogen) atoms. The number of halogens is 3. The Morgan fingerprint density at radius 2 is 1.88 bits per heavy atom. The second-order valence-electron chi connectivity index (χ2n) is 8.35. The lowest BCUT2D eigenvalue weighted by Crippen LogP contribution is -2.41. The summed E-state index contributed by atoms with van der Waals surface area (Å²) in [6.45, 7) is 1.25. The molecule has 0 spiro atoms. The SMILES string of the molecule is O=C([C@@H]1CCCc2nn(Cc3cc(C(F)(F)F)nc4ccccc34)c(=O)n21)N1CCCC1. The Balaban J connectivity index is 1.55. The molecule has 1 amide bonds. The van der Waals surface area contributed by atoms with Gasteiger partial charge in [-0.3, -0.25) is 9.36 Å². The highest BCUT2D eigenvalue weighted by Gasteiger charge is 2.35. The van der Waals surface area contributed by atoms with E-state index in [-0.39, 0.29) is 18.0 Å². The summed E-state index contributed by atoms with van der Waals surface area (Å²) in [6.07, 6.45) is -0.852. The second-order valence-corrected chi connectivity index (χ2v) is 8.35. The van der Waals surface area contributed by atoms with Gasteiger partial charge in [0.05, 0.1) is 12.1 Å². The topological polar surface area (TPSA) is 73.0 Å². The molecule has 0 N–H and O–H groups in total. The molecule has 2 aromatic heterocycles. The quantitative estimate of drug-likeness (QED) is 0.621. The highest BCUT2D eigenvalue weighted by Crippen LogP contribution is 2.31. The number of aryl methyl sites for hydroxylation is 1. The lowest BCUT2D eigenvalue weighted by atomic mass is 10.0. The fourth-order valence-corrected chi connectivity index (χ4v) is 4.70. The maximum absolute atomic E-state index is 13.4. The van der Waals surface area contributed by atoms with Crippen molar-refractivity contribution < 1.29 is 18.0 Å². The number of alkyl halides is 3. The molecule has 2 aliphatic heterocycles. The van der Waals surface area contributed by atoms with Crippen molar-refractivity contribution in [3.63, 3.8) is 0 Å². The van der Waals surface area contributed by atoms with E-state index in [1.807, 2.05) is 0 Å². The molecule has 1 fully saturated rings. The molecule has 0 unspecified atom stereocenters. The van der Waals surface area contributed by atoms with Gasteiger partial charge in [0.15, 0.2) is 0 Å². The van der Waals surface area contributed by atoms with Gasteiger partial charge in [-0.15, -0.1) is 0 Å². The van der Waals surface area contributed by atoms with Crippen LogP contribution >= 0.6 is 0 Å². The molecule has 0 bridgehead atoms. The van der Waals surface area contributed by atoms with Gasteiger partial charge in [-0.05, 0) is 43.4 Å². The lowest BCUT2D eigenvalue weighted by Gasteiger charge is -2.27. The Morgan fingerprint density at radius 1 is 1.12 bits per heavy atom. The summed E-state index contributed by atoms with van der Waals surface area (Å²) in [4.78, 5) is 31.7. The molecule has 1 atom stereocenters. The number of hydrogen-bond acceptors (Lipinski definition) is 4. The van der Waals surface area contributed by atoms with Gasteiger partial charge in [0, 0.05) is 24.9 Å². The molecule has 0 aliphatic carbocycles. The van der Waals surface area contributed by atoms with Crippen molar-refractivity contribution in [2.75, 3.05) is 13.1 Å². The maximum atomic E-state index is 13.4. The Kier molecular flexibility index (Phi) is 5.02. The molecule has 0 saturated carbocycles. The van der Waals surface area contributed by atoms with Crippen LogP contribution in [0.1, 0.15) is 48.8 Å². The Bertz CT molecular complexity index is 1240. The highest BCUT2D eigenvalue weighted by atomic mass is 19.4. The van der Waals surface area contributed by atoms with Gasteiger partial charge in [-0.2, -0.15) is 18.3 Å². The number of pyridine rings is 1. The fourth-order valence-electron chi connectivity index (χ4n) is 4.70. The number of amides is 1. The third kappa shape index (κ3) is 3.57. The minimum Gasteiger partial charge on any atom is -0.341 e. The van der Waals surface area contributed by atoms with Crippen LogP contribution in [0.4, 0.5) is 13.2 Å². The first-order chi connectivity index (χ1) is 15.3. The molecular formula is C22H22F3N5O2. The minimum atomic E-state index is -4.61. The molecule has 0 radical (unpaired) electrons. The van der Waals surface area contributed by atoms with Gasteiger partial charge < -0.3 is 4.90 Å². The van der Waals surface area contributed by atoms with Crippen LogP contribution in [-0.2, 0) is 23.9 Å². The Morgan fingerprint density at radius 3 is 2.62 bits per heavy atom. The van der Waals surface area contributed by atoms with Crippen molar-refractivity contribution in [3.05, 3.63) is 57.9 Å². The van der Waals surface area contributed by atoms with E-state index >= 15 is 0 Å². The molecule has 1 aromatic carbocycles. The zero-order valence-corrected chi connectivity index (χ0v) is 17.3. The first kappa shape index (κ1) is 20.7. The molecule has 4 heterocycles. The van der Waals surface area contributed by atoms with Crippen LogP contribution in [0.2, 0.25) is 0 Å². The zero-order chi connectivity index (χ0) is 22.5. The van der Waals surface area contributed by atoms with Crippen LogP contribution in [0, 0.1) is 0 Å². The van der Waals surface area contributed by atoms with Gasteiger partial charge >= 0.3 is 11.9 Å². The minimum absolute atomic E-state index is 0.0705. The van der Waals surface area contributed by atoms with E-state index in [0.29, 0.717) is 42.7 Å². The standard InChI is InChI=1S/C22H22F3N5O2/c23-22(24,25)18-12-14(15-6-1-2-7-16(15)26-18)13-29-21(32)30-17(8-5-9-19(30)27-29)20(31)28-10-3-4-11-28/h1-2,6-7,12,17H,3-5,8-11,13H2/t17-/m0/s1. The van der Waals surface area contributed by atoms with E-state index in [1.165, 1.54) is 15.3 Å². The number of para-hydroxylation sites is 1. The number of carbonyl (C=O) groups is 1. The number of aromatic nitrogens is 4. The van der Waals surface area contributed by atoms with E-state index in [9.17, 15) is 22.8 Å². The van der Waals surface area contributed by atoms with E-state index in [0.717, 1.165) is 25.3 Å². The summed E-state index contributed by atoms with van der Waals surface area (Å²) >= 11 is 0. The Labute approximate surface area is 181 Å². The number of carbonyl (C=O) groups excluding carboxylic acids is 1. The maximum Gasteiger partial charge on any atom is 0.433 e. The van der Waals surface area contributed by atoms with Crippen LogP contribution in [0.25, 0.3) is 10.9 Å². The summed E-state index contributed by atoms with van der Waals surface area (Å²) in [7, 11) is 0. The van der Waals surface area contributed by atoms with Crippen molar-refractivity contribution in [1.82, 2.24) is 24.2 Å². The zero-order valence-electron chi connectivity index (χ0n) is 17.3. The van der Waals surface area contributed by atoms with Crippen LogP contribution in [0.3, 0.4) is 0 Å². The molecule has 1 saturated heterocycles. The molecule has 10 heteroatoms. The monoisotopic (exact) mass is 445 g/mol. The van der Waals surface area contributed by atoms with Crippen molar-refractivity contribution in [2.45, 2.75) is 50.9 Å². The van der Waals surface area contributed by atoms with Gasteiger partial charge in [-0.25, -0.2) is 14.5 Å². The molecule has 3 aromatic rings. The van der Waals surface area contributed by atoms with Crippen LogP contribution in [0.15, 0.2) is 35.1 Å². The van der Waals surface area contributed by atoms with Crippen molar-refractivity contribution in [2.24, 2.45) is 0 Å². The third-order valence-corrected chi connectivity index (χ3v) is 6.25. The number of likely N-dealkylation sites (tertiary alicyclic amines) is 1. The summed E-state index contributed by atoms with van der Waals surface area (Å²) in [5, 5.41) is 4.93. The first-order valence-electron chi connectivity index (χ1n) is 10.8. The molecule has 168 valence electrons. The summed E-state index contributed by atoms with van der Waals surface area (Å²) < 4.78 is 42.8. The molecule has 5 rings (SSSR count). The van der Waals surface area contributed by atoms with Crippen molar-refractivity contribution >= 4 is 16.8 Å². The van der Waals surface area contributed by atoms with Gasteiger partial charge in [0.25, 0.3) is 0 Å². The second kappa shape index (κ2) is 7.75. The Hall–Kier alpha value is -3.17. The summed E-state index contributed by atoms with van der Waals surface area (Å²) in [5.74, 6) is 0.437. The van der Waals surface area contributed by atoms with E-state index in [2.05, 4.69) is 10.1 Å².